The molecule has 0 saturated heterocycles. The van der Waals surface area contributed by atoms with Gasteiger partial charge in [-0.15, -0.1) is 0 Å². The molecule has 0 bridgehead atoms. The Morgan fingerprint density at radius 2 is 2.00 bits per heavy atom. The van der Waals surface area contributed by atoms with Crippen LogP contribution in [-0.4, -0.2) is 39.6 Å². The molecule has 0 aliphatic carbocycles. The summed E-state index contributed by atoms with van der Waals surface area (Å²) in [6.45, 7) is 8.76. The summed E-state index contributed by atoms with van der Waals surface area (Å²) in [5, 5.41) is 4.30. The molecule has 0 atom stereocenters. The fraction of sp³-hybridized carbons (Fsp3) is 0.538. The Balaban J connectivity index is 2.27. The van der Waals surface area contributed by atoms with Crippen molar-refractivity contribution in [3.63, 3.8) is 0 Å². The zero-order valence-electron chi connectivity index (χ0n) is 12.5. The van der Waals surface area contributed by atoms with Crippen molar-refractivity contribution in [2.45, 2.75) is 37.6 Å². The van der Waals surface area contributed by atoms with Gasteiger partial charge >= 0.3 is 0 Å². The number of rotatable bonds is 8. The van der Waals surface area contributed by atoms with Gasteiger partial charge in [0.15, 0.2) is 0 Å². The van der Waals surface area contributed by atoms with Gasteiger partial charge in [-0.1, -0.05) is 6.92 Å². The lowest BCUT2D eigenvalue weighted by Gasteiger charge is -2.19. The molecule has 114 valence electrons. The van der Waals surface area contributed by atoms with Gasteiger partial charge in [0.25, 0.3) is 5.22 Å². The minimum absolute atomic E-state index is 0.521. The number of oxazole rings is 1. The Labute approximate surface area is 128 Å². The van der Waals surface area contributed by atoms with Crippen LogP contribution in [0.2, 0.25) is 0 Å². The van der Waals surface area contributed by atoms with E-state index >= 15 is 0 Å². The highest BCUT2D eigenvalue weighted by Crippen LogP contribution is 2.25. The van der Waals surface area contributed by atoms with E-state index in [9.17, 15) is 0 Å². The Hall–Kier alpha value is -1.83. The van der Waals surface area contributed by atoms with Gasteiger partial charge in [0.1, 0.15) is 6.26 Å². The number of nitrogens with one attached hydrogen (secondary N) is 1. The predicted octanol–water partition coefficient (Wildman–Crippen LogP) is 2.68. The molecule has 0 aliphatic heterocycles. The van der Waals surface area contributed by atoms with Gasteiger partial charge in [0.05, 0.1) is 6.20 Å². The maximum atomic E-state index is 5.23. The zero-order valence-corrected chi connectivity index (χ0v) is 13.4. The van der Waals surface area contributed by atoms with Crippen molar-refractivity contribution in [3.05, 3.63) is 12.5 Å². The van der Waals surface area contributed by atoms with Gasteiger partial charge in [-0.25, -0.2) is 4.98 Å². The quantitative estimate of drug-likeness (QED) is 0.797. The summed E-state index contributed by atoms with van der Waals surface area (Å²) in [6, 6.07) is 0. The maximum Gasteiger partial charge on any atom is 0.263 e. The van der Waals surface area contributed by atoms with Crippen LogP contribution in [-0.2, 0) is 0 Å². The molecule has 0 amide bonds. The van der Waals surface area contributed by atoms with E-state index in [1.165, 1.54) is 18.0 Å². The highest BCUT2D eigenvalue weighted by molar-refractivity contribution is 7.98. The molecular weight excluding hydrogens is 288 g/mol. The van der Waals surface area contributed by atoms with Crippen molar-refractivity contribution in [1.29, 1.82) is 0 Å². The third-order valence-corrected chi connectivity index (χ3v) is 3.51. The van der Waals surface area contributed by atoms with E-state index in [0.29, 0.717) is 22.3 Å². The first-order valence-electron chi connectivity index (χ1n) is 7.09. The lowest BCUT2D eigenvalue weighted by atomic mass is 10.5. The number of hydrogen-bond acceptors (Lipinski definition) is 8. The average Bonchev–Trinajstić information content (AvgIpc) is 2.99. The molecule has 2 aromatic heterocycles. The van der Waals surface area contributed by atoms with Crippen LogP contribution >= 0.6 is 11.8 Å². The molecule has 2 aromatic rings. The minimum Gasteiger partial charge on any atom is -0.440 e. The molecule has 2 rings (SSSR count). The van der Waals surface area contributed by atoms with Gasteiger partial charge in [0, 0.05) is 31.4 Å². The molecule has 0 aliphatic rings. The molecule has 21 heavy (non-hydrogen) atoms. The fourth-order valence-corrected chi connectivity index (χ4v) is 2.33. The monoisotopic (exact) mass is 308 g/mol. The lowest BCUT2D eigenvalue weighted by molar-refractivity contribution is 0.453. The summed E-state index contributed by atoms with van der Waals surface area (Å²) in [5.74, 6) is 1.26. The van der Waals surface area contributed by atoms with E-state index in [-0.39, 0.29) is 0 Å². The lowest BCUT2D eigenvalue weighted by Crippen LogP contribution is -2.25. The zero-order chi connectivity index (χ0) is 15.1. The molecule has 0 saturated carbocycles. The molecule has 8 heteroatoms. The van der Waals surface area contributed by atoms with Crippen molar-refractivity contribution in [2.24, 2.45) is 0 Å². The number of nitrogens with zero attached hydrogens (tertiary/aromatic N) is 5. The smallest absolute Gasteiger partial charge is 0.263 e. The summed E-state index contributed by atoms with van der Waals surface area (Å²) in [7, 11) is 0. The molecule has 2 heterocycles. The molecule has 0 radical (unpaired) electrons. The second-order valence-electron chi connectivity index (χ2n) is 4.24. The first kappa shape index (κ1) is 15.6. The largest absolute Gasteiger partial charge is 0.440 e. The van der Waals surface area contributed by atoms with Crippen molar-refractivity contribution >= 4 is 23.7 Å². The standard InChI is InChI=1S/C13H20N6OS/c1-4-7-14-10-16-11(19(5-2)6-3)18-12(17-10)21-13-15-8-9-20-13/h8-9H,4-7H2,1-3H3,(H,14,16,17,18). The number of aromatic nitrogens is 4. The van der Waals surface area contributed by atoms with Crippen molar-refractivity contribution < 1.29 is 4.42 Å². The highest BCUT2D eigenvalue weighted by Gasteiger charge is 2.13. The van der Waals surface area contributed by atoms with Crippen LogP contribution in [0, 0.1) is 0 Å². The Morgan fingerprint density at radius 1 is 1.19 bits per heavy atom. The molecule has 0 aromatic carbocycles. The Morgan fingerprint density at radius 3 is 2.62 bits per heavy atom. The summed E-state index contributed by atoms with van der Waals surface area (Å²) in [6.07, 6.45) is 4.14. The maximum absolute atomic E-state index is 5.23. The normalized spacial score (nSPS) is 10.6. The average molecular weight is 308 g/mol. The van der Waals surface area contributed by atoms with E-state index in [0.717, 1.165) is 26.1 Å². The molecule has 0 fully saturated rings. The van der Waals surface area contributed by atoms with Crippen molar-refractivity contribution in [2.75, 3.05) is 29.9 Å². The van der Waals surface area contributed by atoms with Crippen LogP contribution < -0.4 is 10.2 Å². The van der Waals surface area contributed by atoms with E-state index in [4.69, 9.17) is 4.42 Å². The van der Waals surface area contributed by atoms with Crippen LogP contribution in [0.15, 0.2) is 27.3 Å². The topological polar surface area (TPSA) is 80.0 Å². The van der Waals surface area contributed by atoms with Crippen LogP contribution in [0.4, 0.5) is 11.9 Å². The van der Waals surface area contributed by atoms with Crippen molar-refractivity contribution in [1.82, 2.24) is 19.9 Å². The third-order valence-electron chi connectivity index (χ3n) is 2.77. The highest BCUT2D eigenvalue weighted by atomic mass is 32.2. The molecular formula is C13H20N6OS. The summed E-state index contributed by atoms with van der Waals surface area (Å²) >= 11 is 1.29. The first-order chi connectivity index (χ1) is 10.3. The summed E-state index contributed by atoms with van der Waals surface area (Å²) in [4.78, 5) is 19.5. The van der Waals surface area contributed by atoms with Gasteiger partial charge in [-0.3, -0.25) is 0 Å². The summed E-state index contributed by atoms with van der Waals surface area (Å²) in [5.41, 5.74) is 0. The fourth-order valence-electron chi connectivity index (χ4n) is 1.69. The SMILES string of the molecule is CCCNc1nc(Sc2ncco2)nc(N(CC)CC)n1. The van der Waals surface area contributed by atoms with E-state index in [1.54, 1.807) is 6.20 Å². The molecule has 0 unspecified atom stereocenters. The number of hydrogen-bond donors (Lipinski definition) is 1. The third kappa shape index (κ3) is 4.32. The molecule has 0 spiro atoms. The van der Waals surface area contributed by atoms with E-state index in [1.807, 2.05) is 0 Å². The van der Waals surface area contributed by atoms with Gasteiger partial charge in [-0.2, -0.15) is 15.0 Å². The minimum atomic E-state index is 0.521. The summed E-state index contributed by atoms with van der Waals surface area (Å²) < 4.78 is 5.23. The van der Waals surface area contributed by atoms with Crippen LogP contribution in [0.5, 0.6) is 0 Å². The van der Waals surface area contributed by atoms with Gasteiger partial charge in [-0.05, 0) is 20.3 Å². The van der Waals surface area contributed by atoms with Gasteiger partial charge in [0.2, 0.25) is 17.1 Å². The van der Waals surface area contributed by atoms with E-state index < -0.39 is 0 Å². The first-order valence-corrected chi connectivity index (χ1v) is 7.90. The molecule has 7 nitrogen and oxygen atoms in total. The predicted molar refractivity (Wildman–Crippen MR) is 82.8 cm³/mol. The Kier molecular flexibility index (Phi) is 5.79. The molecule has 1 N–H and O–H groups in total. The van der Waals surface area contributed by atoms with Crippen LogP contribution in [0.25, 0.3) is 0 Å². The van der Waals surface area contributed by atoms with Crippen molar-refractivity contribution in [3.8, 4) is 0 Å². The van der Waals surface area contributed by atoms with Crippen LogP contribution in [0.3, 0.4) is 0 Å². The number of anilines is 2. The van der Waals surface area contributed by atoms with Gasteiger partial charge < -0.3 is 14.6 Å². The van der Waals surface area contributed by atoms with E-state index in [2.05, 4.69) is 50.9 Å². The van der Waals surface area contributed by atoms with Crippen LogP contribution in [0.1, 0.15) is 27.2 Å². The second-order valence-corrected chi connectivity index (χ2v) is 5.16. The second kappa shape index (κ2) is 7.82. The Bertz CT molecular complexity index is 544.